The van der Waals surface area contributed by atoms with Gasteiger partial charge >= 0.3 is 6.18 Å². The fourth-order valence-electron chi connectivity index (χ4n) is 4.58. The summed E-state index contributed by atoms with van der Waals surface area (Å²) in [4.78, 5) is 14.4. The number of anilines is 1. The van der Waals surface area contributed by atoms with Gasteiger partial charge in [0.15, 0.2) is 0 Å². The first-order valence-electron chi connectivity index (χ1n) is 12.3. The van der Waals surface area contributed by atoms with E-state index in [1.165, 1.54) is 6.20 Å². The largest absolute Gasteiger partial charge is 0.493 e. The summed E-state index contributed by atoms with van der Waals surface area (Å²) < 4.78 is 51.0. The maximum Gasteiger partial charge on any atom is 0.433 e. The molecular weight excluding hydrogens is 481 g/mol. The first-order chi connectivity index (χ1) is 17.9. The van der Waals surface area contributed by atoms with Gasteiger partial charge in [0, 0.05) is 30.8 Å². The SMILES string of the molecule is Cc1oc(-c2ccccc2)nc1CCOc1ccc(C[C@H]2CCCN2c2nccc(C(F)(F)F)n2)cc1. The number of hydrogen-bond donors (Lipinski definition) is 0. The van der Waals surface area contributed by atoms with Crippen molar-refractivity contribution in [3.63, 3.8) is 0 Å². The van der Waals surface area contributed by atoms with Gasteiger partial charge in [0.25, 0.3) is 0 Å². The molecule has 0 amide bonds. The minimum Gasteiger partial charge on any atom is -0.493 e. The van der Waals surface area contributed by atoms with Crippen LogP contribution in [0.5, 0.6) is 5.75 Å². The van der Waals surface area contributed by atoms with Gasteiger partial charge < -0.3 is 14.1 Å². The molecule has 1 atom stereocenters. The van der Waals surface area contributed by atoms with Crippen LogP contribution in [0, 0.1) is 6.92 Å². The van der Waals surface area contributed by atoms with Gasteiger partial charge in [0.05, 0.1) is 12.3 Å². The topological polar surface area (TPSA) is 64.3 Å². The normalized spacial score (nSPS) is 15.8. The quantitative estimate of drug-likeness (QED) is 0.279. The first-order valence-corrected chi connectivity index (χ1v) is 12.3. The highest BCUT2D eigenvalue weighted by molar-refractivity contribution is 5.53. The van der Waals surface area contributed by atoms with Crippen LogP contribution in [0.1, 0.15) is 35.6 Å². The number of rotatable bonds is 8. The molecule has 3 heterocycles. The number of aromatic nitrogens is 3. The Balaban J connectivity index is 1.16. The van der Waals surface area contributed by atoms with Gasteiger partial charge in [-0.2, -0.15) is 13.2 Å². The Kier molecular flexibility index (Phi) is 7.12. The van der Waals surface area contributed by atoms with Gasteiger partial charge in [-0.25, -0.2) is 15.0 Å². The van der Waals surface area contributed by atoms with E-state index in [2.05, 4.69) is 15.0 Å². The van der Waals surface area contributed by atoms with Crippen LogP contribution in [0.3, 0.4) is 0 Å². The Bertz CT molecular complexity index is 1320. The van der Waals surface area contributed by atoms with E-state index in [4.69, 9.17) is 9.15 Å². The second-order valence-electron chi connectivity index (χ2n) is 9.06. The number of alkyl halides is 3. The number of ether oxygens (including phenoxy) is 1. The zero-order valence-electron chi connectivity index (χ0n) is 20.4. The maximum absolute atomic E-state index is 13.1. The van der Waals surface area contributed by atoms with E-state index in [0.29, 0.717) is 31.9 Å². The molecule has 0 N–H and O–H groups in total. The molecule has 1 aliphatic rings. The molecular formula is C28H27F3N4O2. The van der Waals surface area contributed by atoms with Crippen molar-refractivity contribution in [2.45, 2.75) is 44.8 Å². The lowest BCUT2D eigenvalue weighted by atomic mass is 10.0. The van der Waals surface area contributed by atoms with Crippen LogP contribution in [0.15, 0.2) is 71.3 Å². The van der Waals surface area contributed by atoms with E-state index in [9.17, 15) is 13.2 Å². The van der Waals surface area contributed by atoms with Crippen LogP contribution in [0.2, 0.25) is 0 Å². The molecule has 2 aromatic heterocycles. The average Bonchev–Trinajstić information content (AvgIpc) is 3.52. The number of nitrogens with zero attached hydrogens (tertiary/aromatic N) is 4. The van der Waals surface area contributed by atoms with E-state index in [1.807, 2.05) is 66.4 Å². The van der Waals surface area contributed by atoms with Crippen LogP contribution < -0.4 is 9.64 Å². The fourth-order valence-corrected chi connectivity index (χ4v) is 4.58. The third kappa shape index (κ3) is 5.93. The molecule has 5 rings (SSSR count). The predicted octanol–water partition coefficient (Wildman–Crippen LogP) is 6.29. The van der Waals surface area contributed by atoms with E-state index >= 15 is 0 Å². The summed E-state index contributed by atoms with van der Waals surface area (Å²) in [7, 11) is 0. The lowest BCUT2D eigenvalue weighted by Gasteiger charge is -2.25. The molecule has 0 aliphatic carbocycles. The van der Waals surface area contributed by atoms with Crippen molar-refractivity contribution in [3.05, 3.63) is 89.6 Å². The van der Waals surface area contributed by atoms with Gasteiger partial charge in [-0.05, 0) is 62.1 Å². The minimum absolute atomic E-state index is 0.0456. The molecule has 6 nitrogen and oxygen atoms in total. The Morgan fingerprint density at radius 3 is 2.57 bits per heavy atom. The zero-order valence-corrected chi connectivity index (χ0v) is 20.4. The Morgan fingerprint density at radius 1 is 1.03 bits per heavy atom. The highest BCUT2D eigenvalue weighted by atomic mass is 19.4. The average molecular weight is 509 g/mol. The summed E-state index contributed by atoms with van der Waals surface area (Å²) in [6.45, 7) is 3.01. The van der Waals surface area contributed by atoms with Crippen molar-refractivity contribution in [2.24, 2.45) is 0 Å². The van der Waals surface area contributed by atoms with Crippen LogP contribution in [-0.2, 0) is 19.0 Å². The molecule has 4 aromatic rings. The Morgan fingerprint density at radius 2 is 1.81 bits per heavy atom. The van der Waals surface area contributed by atoms with Crippen LogP contribution in [0.25, 0.3) is 11.5 Å². The van der Waals surface area contributed by atoms with Crippen molar-refractivity contribution in [1.82, 2.24) is 15.0 Å². The Labute approximate surface area is 213 Å². The molecule has 9 heteroatoms. The van der Waals surface area contributed by atoms with Crippen molar-refractivity contribution in [1.29, 1.82) is 0 Å². The summed E-state index contributed by atoms with van der Waals surface area (Å²) in [5.41, 5.74) is 1.97. The third-order valence-corrected chi connectivity index (χ3v) is 6.48. The van der Waals surface area contributed by atoms with E-state index < -0.39 is 11.9 Å². The monoisotopic (exact) mass is 508 g/mol. The van der Waals surface area contributed by atoms with Gasteiger partial charge in [0.2, 0.25) is 11.8 Å². The molecule has 0 bridgehead atoms. The maximum atomic E-state index is 13.1. The van der Waals surface area contributed by atoms with Gasteiger partial charge in [0.1, 0.15) is 17.2 Å². The molecule has 0 radical (unpaired) electrons. The van der Waals surface area contributed by atoms with Crippen LogP contribution in [0.4, 0.5) is 19.1 Å². The molecule has 0 spiro atoms. The van der Waals surface area contributed by atoms with Crippen molar-refractivity contribution >= 4 is 5.95 Å². The van der Waals surface area contributed by atoms with Gasteiger partial charge in [-0.3, -0.25) is 0 Å². The van der Waals surface area contributed by atoms with E-state index in [1.54, 1.807) is 0 Å². The lowest BCUT2D eigenvalue weighted by molar-refractivity contribution is -0.141. The summed E-state index contributed by atoms with van der Waals surface area (Å²) in [6.07, 6.45) is -0.230. The summed E-state index contributed by atoms with van der Waals surface area (Å²) in [6, 6.07) is 18.5. The van der Waals surface area contributed by atoms with Crippen molar-refractivity contribution in [2.75, 3.05) is 18.1 Å². The first kappa shape index (κ1) is 24.8. The fraction of sp³-hybridized carbons (Fsp3) is 0.321. The highest BCUT2D eigenvalue weighted by Gasteiger charge is 2.34. The molecule has 0 unspecified atom stereocenters. The van der Waals surface area contributed by atoms with Crippen LogP contribution in [-0.4, -0.2) is 34.1 Å². The second kappa shape index (κ2) is 10.6. The number of halogens is 3. The highest BCUT2D eigenvalue weighted by Crippen LogP contribution is 2.31. The van der Waals surface area contributed by atoms with E-state index in [0.717, 1.165) is 47.2 Å². The summed E-state index contributed by atoms with van der Waals surface area (Å²) in [5.74, 6) is 2.27. The number of benzene rings is 2. The predicted molar refractivity (Wildman–Crippen MR) is 133 cm³/mol. The molecule has 2 aromatic carbocycles. The van der Waals surface area contributed by atoms with E-state index in [-0.39, 0.29) is 12.0 Å². The molecule has 1 aliphatic heterocycles. The minimum atomic E-state index is -4.49. The molecule has 0 saturated carbocycles. The van der Waals surface area contributed by atoms with Crippen molar-refractivity contribution < 1.29 is 22.3 Å². The molecule has 1 saturated heterocycles. The smallest absolute Gasteiger partial charge is 0.433 e. The van der Waals surface area contributed by atoms with Gasteiger partial charge in [-0.15, -0.1) is 0 Å². The zero-order chi connectivity index (χ0) is 25.8. The van der Waals surface area contributed by atoms with Gasteiger partial charge in [-0.1, -0.05) is 30.3 Å². The van der Waals surface area contributed by atoms with Crippen LogP contribution >= 0.6 is 0 Å². The number of aryl methyl sites for hydroxylation is 1. The second-order valence-corrected chi connectivity index (χ2v) is 9.06. The molecule has 37 heavy (non-hydrogen) atoms. The summed E-state index contributed by atoms with van der Waals surface area (Å²) >= 11 is 0. The lowest BCUT2D eigenvalue weighted by Crippen LogP contribution is -2.33. The number of oxazole rings is 1. The Hall–Kier alpha value is -3.88. The molecule has 192 valence electrons. The standard InChI is InChI=1S/C28H27F3N4O2/c1-19-24(33-26(37-19)21-6-3-2-4-7-21)14-17-36-23-11-9-20(10-12-23)18-22-8-5-16-35(22)27-32-15-13-25(34-27)28(29,30)31/h2-4,6-7,9-13,15,22H,5,8,14,16-18H2,1H3/t22-/m1/s1. The third-order valence-electron chi connectivity index (χ3n) is 6.48. The number of hydrogen-bond acceptors (Lipinski definition) is 6. The summed E-state index contributed by atoms with van der Waals surface area (Å²) in [5, 5.41) is 0. The molecule has 1 fully saturated rings. The van der Waals surface area contributed by atoms with Crippen molar-refractivity contribution in [3.8, 4) is 17.2 Å².